The highest BCUT2D eigenvalue weighted by molar-refractivity contribution is 9.10. The lowest BCUT2D eigenvalue weighted by Gasteiger charge is -2.14. The number of hydrogen-bond donors (Lipinski definition) is 1. The van der Waals surface area contributed by atoms with E-state index in [2.05, 4.69) is 15.9 Å². The lowest BCUT2D eigenvalue weighted by atomic mass is 10.1. The lowest BCUT2D eigenvalue weighted by molar-refractivity contribution is 0.0593. The highest BCUT2D eigenvalue weighted by atomic mass is 79.9. The van der Waals surface area contributed by atoms with Crippen LogP contribution in [-0.2, 0) is 4.74 Å². The van der Waals surface area contributed by atoms with Crippen molar-refractivity contribution in [3.05, 3.63) is 45.2 Å². The van der Waals surface area contributed by atoms with Crippen molar-refractivity contribution in [3.8, 4) is 11.8 Å². The summed E-state index contributed by atoms with van der Waals surface area (Å²) in [6, 6.07) is 5.86. The van der Waals surface area contributed by atoms with Gasteiger partial charge in [-0.3, -0.25) is 0 Å². The molecule has 0 aliphatic carbocycles. The van der Waals surface area contributed by atoms with Gasteiger partial charge in [-0.25, -0.2) is 4.79 Å². The van der Waals surface area contributed by atoms with Gasteiger partial charge in [0.15, 0.2) is 5.69 Å². The number of methoxy groups -OCH3 is 1. The van der Waals surface area contributed by atoms with Crippen LogP contribution in [0.15, 0.2) is 22.8 Å². The number of rotatable bonds is 2. The van der Waals surface area contributed by atoms with Gasteiger partial charge in [-0.2, -0.15) is 5.26 Å². The zero-order valence-electron chi connectivity index (χ0n) is 11.9. The largest absolute Gasteiger partial charge is 0.464 e. The van der Waals surface area contributed by atoms with Crippen molar-refractivity contribution < 1.29 is 9.53 Å². The highest BCUT2D eigenvalue weighted by Crippen LogP contribution is 2.30. The minimum absolute atomic E-state index is 0.131. The van der Waals surface area contributed by atoms with Gasteiger partial charge in [-0.05, 0) is 37.1 Å². The van der Waals surface area contributed by atoms with Crippen molar-refractivity contribution in [2.45, 2.75) is 13.8 Å². The number of hydrogen-bond acceptors (Lipinski definition) is 4. The van der Waals surface area contributed by atoms with Crippen LogP contribution >= 0.6 is 15.9 Å². The molecular formula is C15H14BrN3O2. The highest BCUT2D eigenvalue weighted by Gasteiger charge is 2.23. The monoisotopic (exact) mass is 347 g/mol. The number of anilines is 1. The van der Waals surface area contributed by atoms with Gasteiger partial charge in [0.1, 0.15) is 6.07 Å². The maximum atomic E-state index is 12.0. The average molecular weight is 348 g/mol. The molecule has 1 heterocycles. The van der Waals surface area contributed by atoms with E-state index in [4.69, 9.17) is 15.7 Å². The van der Waals surface area contributed by atoms with Gasteiger partial charge in [-0.1, -0.05) is 15.9 Å². The Morgan fingerprint density at radius 3 is 2.43 bits per heavy atom. The minimum atomic E-state index is -0.573. The number of esters is 1. The number of halogens is 1. The summed E-state index contributed by atoms with van der Waals surface area (Å²) in [4.78, 5) is 12.0. The third-order valence-electron chi connectivity index (χ3n) is 3.24. The third kappa shape index (κ3) is 2.52. The predicted molar refractivity (Wildman–Crippen MR) is 83.4 cm³/mol. The molecule has 0 amide bonds. The van der Waals surface area contributed by atoms with E-state index in [-0.39, 0.29) is 16.9 Å². The SMILES string of the molecule is COC(=O)c1c(N)c(C#N)cn1-c1c(C)cc(Br)cc1C. The first-order valence-electron chi connectivity index (χ1n) is 6.17. The smallest absolute Gasteiger partial charge is 0.357 e. The number of nitrogens with zero attached hydrogens (tertiary/aromatic N) is 2. The van der Waals surface area contributed by atoms with Crippen molar-refractivity contribution >= 4 is 27.6 Å². The van der Waals surface area contributed by atoms with Crippen molar-refractivity contribution in [2.24, 2.45) is 0 Å². The number of benzene rings is 1. The van der Waals surface area contributed by atoms with E-state index in [9.17, 15) is 4.79 Å². The van der Waals surface area contributed by atoms with Gasteiger partial charge in [0.25, 0.3) is 0 Å². The van der Waals surface area contributed by atoms with E-state index < -0.39 is 5.97 Å². The average Bonchev–Trinajstić information content (AvgIpc) is 2.73. The van der Waals surface area contributed by atoms with Crippen LogP contribution in [0.25, 0.3) is 5.69 Å². The summed E-state index contributed by atoms with van der Waals surface area (Å²) in [6.07, 6.45) is 1.56. The van der Waals surface area contributed by atoms with E-state index >= 15 is 0 Å². The molecule has 0 fully saturated rings. The molecule has 21 heavy (non-hydrogen) atoms. The first kappa shape index (κ1) is 15.1. The summed E-state index contributed by atoms with van der Waals surface area (Å²) in [7, 11) is 1.28. The third-order valence-corrected chi connectivity index (χ3v) is 3.70. The summed E-state index contributed by atoms with van der Waals surface area (Å²) < 4.78 is 7.35. The van der Waals surface area contributed by atoms with Crippen LogP contribution in [0.3, 0.4) is 0 Å². The van der Waals surface area contributed by atoms with Crippen molar-refractivity contribution in [2.75, 3.05) is 12.8 Å². The maximum absolute atomic E-state index is 12.0. The first-order valence-corrected chi connectivity index (χ1v) is 6.96. The molecule has 1 aromatic carbocycles. The van der Waals surface area contributed by atoms with Gasteiger partial charge in [-0.15, -0.1) is 0 Å². The number of aryl methyl sites for hydroxylation is 2. The zero-order valence-corrected chi connectivity index (χ0v) is 13.5. The van der Waals surface area contributed by atoms with Gasteiger partial charge >= 0.3 is 5.97 Å². The normalized spacial score (nSPS) is 10.2. The molecule has 0 saturated carbocycles. The Morgan fingerprint density at radius 1 is 1.38 bits per heavy atom. The fraction of sp³-hybridized carbons (Fsp3) is 0.200. The molecule has 2 rings (SSSR count). The molecule has 6 heteroatoms. The molecule has 0 spiro atoms. The van der Waals surface area contributed by atoms with Crippen LogP contribution in [0, 0.1) is 25.2 Å². The Balaban J connectivity index is 2.82. The molecule has 5 nitrogen and oxygen atoms in total. The Hall–Kier alpha value is -2.26. The number of aromatic nitrogens is 1. The summed E-state index contributed by atoms with van der Waals surface area (Å²) in [5, 5.41) is 9.14. The zero-order chi connectivity index (χ0) is 15.7. The molecule has 2 N–H and O–H groups in total. The van der Waals surface area contributed by atoms with Gasteiger partial charge in [0.2, 0.25) is 0 Å². The van der Waals surface area contributed by atoms with Crippen molar-refractivity contribution in [3.63, 3.8) is 0 Å². The quantitative estimate of drug-likeness (QED) is 0.846. The second-order valence-corrected chi connectivity index (χ2v) is 5.58. The van der Waals surface area contributed by atoms with E-state index in [0.29, 0.717) is 0 Å². The van der Waals surface area contributed by atoms with E-state index in [1.165, 1.54) is 7.11 Å². The number of nitriles is 1. The number of ether oxygens (including phenoxy) is 1. The molecule has 0 bridgehead atoms. The fourth-order valence-electron chi connectivity index (χ4n) is 2.37. The second kappa shape index (κ2) is 5.62. The summed E-state index contributed by atoms with van der Waals surface area (Å²) in [5.41, 5.74) is 9.16. The van der Waals surface area contributed by atoms with E-state index in [0.717, 1.165) is 21.3 Å². The Labute approximate surface area is 131 Å². The fourth-order valence-corrected chi connectivity index (χ4v) is 3.06. The predicted octanol–water partition coefficient (Wildman–Crippen LogP) is 3.10. The maximum Gasteiger partial charge on any atom is 0.357 e. The van der Waals surface area contributed by atoms with Crippen molar-refractivity contribution in [1.82, 2.24) is 4.57 Å². The minimum Gasteiger partial charge on any atom is -0.464 e. The molecule has 108 valence electrons. The van der Waals surface area contributed by atoms with Gasteiger partial charge in [0, 0.05) is 10.7 Å². The molecule has 2 aromatic rings. The van der Waals surface area contributed by atoms with E-state index in [1.54, 1.807) is 10.8 Å². The summed E-state index contributed by atoms with van der Waals surface area (Å²) >= 11 is 3.44. The molecule has 0 aliphatic rings. The van der Waals surface area contributed by atoms with Crippen LogP contribution < -0.4 is 5.73 Å². The lowest BCUT2D eigenvalue weighted by Crippen LogP contribution is -2.12. The molecule has 0 aliphatic heterocycles. The molecule has 1 aromatic heterocycles. The van der Waals surface area contributed by atoms with E-state index in [1.807, 2.05) is 32.0 Å². The molecule has 0 atom stereocenters. The van der Waals surface area contributed by atoms with Crippen LogP contribution in [0.4, 0.5) is 5.69 Å². The Bertz CT molecular complexity index is 749. The number of nitrogen functional groups attached to an aromatic ring is 1. The number of nitrogens with two attached hydrogens (primary N) is 1. The number of carbonyl (C=O) groups excluding carboxylic acids is 1. The number of carbonyl (C=O) groups is 1. The van der Waals surface area contributed by atoms with Crippen LogP contribution in [0.5, 0.6) is 0 Å². The van der Waals surface area contributed by atoms with Crippen LogP contribution in [-0.4, -0.2) is 17.6 Å². The first-order chi connectivity index (χ1) is 9.90. The van der Waals surface area contributed by atoms with Crippen molar-refractivity contribution in [1.29, 1.82) is 5.26 Å². The molecule has 0 unspecified atom stereocenters. The Kier molecular flexibility index (Phi) is 4.05. The van der Waals surface area contributed by atoms with Crippen LogP contribution in [0.1, 0.15) is 27.2 Å². The van der Waals surface area contributed by atoms with Gasteiger partial charge in [0.05, 0.1) is 24.0 Å². The molecule has 0 radical (unpaired) electrons. The topological polar surface area (TPSA) is 81.0 Å². The standard InChI is InChI=1S/C15H14BrN3O2/c1-8-4-11(16)5-9(2)13(8)19-7-10(6-17)12(18)14(19)15(20)21-3/h4-5,7H,18H2,1-3H3. The second-order valence-electron chi connectivity index (χ2n) is 4.67. The molecular weight excluding hydrogens is 334 g/mol. The molecule has 0 saturated heterocycles. The summed E-state index contributed by atoms with van der Waals surface area (Å²) in [5.74, 6) is -0.573. The van der Waals surface area contributed by atoms with Gasteiger partial charge < -0.3 is 15.0 Å². The Morgan fingerprint density at radius 2 is 1.95 bits per heavy atom. The van der Waals surface area contributed by atoms with Crippen LogP contribution in [0.2, 0.25) is 0 Å². The summed E-state index contributed by atoms with van der Waals surface area (Å²) in [6.45, 7) is 3.85.